The first-order valence-electron chi connectivity index (χ1n) is 6.40. The zero-order valence-corrected chi connectivity index (χ0v) is 13.6. The summed E-state index contributed by atoms with van der Waals surface area (Å²) in [6, 6.07) is 10.0. The molecule has 0 aliphatic carbocycles. The quantitative estimate of drug-likeness (QED) is 0.633. The Morgan fingerprint density at radius 1 is 1.22 bits per heavy atom. The predicted octanol–water partition coefficient (Wildman–Crippen LogP) is 2.74. The maximum atomic E-state index is 12.4. The van der Waals surface area contributed by atoms with Gasteiger partial charge in [0.05, 0.1) is 12.0 Å². The van der Waals surface area contributed by atoms with Crippen LogP contribution in [0.3, 0.4) is 0 Å². The van der Waals surface area contributed by atoms with Crippen LogP contribution in [-0.4, -0.2) is 20.5 Å². The second-order valence-electron chi connectivity index (χ2n) is 4.54. The highest BCUT2D eigenvalue weighted by Crippen LogP contribution is 2.28. The highest BCUT2D eigenvalue weighted by atomic mass is 35.5. The van der Waals surface area contributed by atoms with Crippen molar-refractivity contribution >= 4 is 27.3 Å². The number of hydrogen-bond donors (Lipinski definition) is 1. The van der Waals surface area contributed by atoms with Crippen molar-refractivity contribution in [1.29, 1.82) is 0 Å². The minimum absolute atomic E-state index is 0.0192. The number of nitrogens with one attached hydrogen (secondary N) is 1. The first-order chi connectivity index (χ1) is 10.8. The highest BCUT2D eigenvalue weighted by molar-refractivity contribution is 7.89. The van der Waals surface area contributed by atoms with Crippen molar-refractivity contribution in [3.63, 3.8) is 0 Å². The van der Waals surface area contributed by atoms with Crippen molar-refractivity contribution in [2.45, 2.75) is 11.4 Å². The Morgan fingerprint density at radius 2 is 1.87 bits per heavy atom. The van der Waals surface area contributed by atoms with Crippen LogP contribution >= 0.6 is 11.6 Å². The molecule has 0 radical (unpaired) electrons. The first-order valence-corrected chi connectivity index (χ1v) is 8.26. The Balaban J connectivity index is 2.29. The standard InChI is InChI=1S/C14H13ClN2O5S/c1-22-13-7-6-12(17(18)19)8-14(13)23(20,21)16-9-10-2-4-11(15)5-3-10/h2-8,16H,9H2,1H3. The number of nitrogens with zero attached hydrogens (tertiary/aromatic N) is 1. The molecule has 0 fully saturated rings. The van der Waals surface area contributed by atoms with Crippen molar-refractivity contribution < 1.29 is 18.1 Å². The van der Waals surface area contributed by atoms with E-state index in [1.165, 1.54) is 19.2 Å². The van der Waals surface area contributed by atoms with Crippen LogP contribution in [0.1, 0.15) is 5.56 Å². The molecule has 0 unspecified atom stereocenters. The first kappa shape index (κ1) is 17.2. The molecule has 0 aliphatic rings. The molecule has 23 heavy (non-hydrogen) atoms. The maximum absolute atomic E-state index is 12.4. The topological polar surface area (TPSA) is 98.5 Å². The molecule has 2 rings (SSSR count). The lowest BCUT2D eigenvalue weighted by atomic mass is 10.2. The minimum atomic E-state index is -3.98. The lowest BCUT2D eigenvalue weighted by Gasteiger charge is -2.10. The molecule has 0 saturated carbocycles. The molecular weight excluding hydrogens is 344 g/mol. The largest absolute Gasteiger partial charge is 0.495 e. The predicted molar refractivity (Wildman–Crippen MR) is 85.1 cm³/mol. The molecule has 0 bridgehead atoms. The van der Waals surface area contributed by atoms with Gasteiger partial charge in [0.25, 0.3) is 5.69 Å². The van der Waals surface area contributed by atoms with Gasteiger partial charge in [0.1, 0.15) is 10.6 Å². The molecular formula is C14H13ClN2O5S. The van der Waals surface area contributed by atoms with E-state index in [1.807, 2.05) is 0 Å². The van der Waals surface area contributed by atoms with Gasteiger partial charge in [-0.2, -0.15) is 0 Å². The van der Waals surface area contributed by atoms with Gasteiger partial charge in [-0.15, -0.1) is 0 Å². The summed E-state index contributed by atoms with van der Waals surface area (Å²) >= 11 is 5.77. The van der Waals surface area contributed by atoms with Crippen LogP contribution in [0.25, 0.3) is 0 Å². The van der Waals surface area contributed by atoms with Gasteiger partial charge in [0.2, 0.25) is 10.0 Å². The van der Waals surface area contributed by atoms with Gasteiger partial charge in [0, 0.05) is 23.7 Å². The van der Waals surface area contributed by atoms with E-state index in [2.05, 4.69) is 4.72 Å². The summed E-state index contributed by atoms with van der Waals surface area (Å²) in [5, 5.41) is 11.4. The van der Waals surface area contributed by atoms with Crippen LogP contribution in [0.5, 0.6) is 5.75 Å². The van der Waals surface area contributed by atoms with E-state index in [-0.39, 0.29) is 22.9 Å². The number of nitro groups is 1. The van der Waals surface area contributed by atoms with E-state index in [0.717, 1.165) is 6.07 Å². The number of nitro benzene ring substituents is 1. The van der Waals surface area contributed by atoms with Gasteiger partial charge in [-0.3, -0.25) is 10.1 Å². The van der Waals surface area contributed by atoms with Gasteiger partial charge >= 0.3 is 0 Å². The smallest absolute Gasteiger partial charge is 0.271 e. The lowest BCUT2D eigenvalue weighted by Crippen LogP contribution is -2.23. The molecule has 0 atom stereocenters. The Morgan fingerprint density at radius 3 is 2.43 bits per heavy atom. The van der Waals surface area contributed by atoms with Crippen LogP contribution in [0.4, 0.5) is 5.69 Å². The third kappa shape index (κ3) is 4.19. The summed E-state index contributed by atoms with van der Waals surface area (Å²) in [6.45, 7) is 0.0192. The van der Waals surface area contributed by atoms with Crippen molar-refractivity contribution in [2.24, 2.45) is 0 Å². The van der Waals surface area contributed by atoms with Crippen molar-refractivity contribution in [3.05, 3.63) is 63.2 Å². The van der Waals surface area contributed by atoms with E-state index in [4.69, 9.17) is 16.3 Å². The highest BCUT2D eigenvalue weighted by Gasteiger charge is 2.22. The van der Waals surface area contributed by atoms with Crippen LogP contribution in [-0.2, 0) is 16.6 Å². The number of rotatable bonds is 6. The summed E-state index contributed by atoms with van der Waals surface area (Å²) in [5.74, 6) is 0.0270. The minimum Gasteiger partial charge on any atom is -0.495 e. The number of ether oxygens (including phenoxy) is 1. The van der Waals surface area contributed by atoms with Crippen molar-refractivity contribution in [3.8, 4) is 5.75 Å². The molecule has 7 nitrogen and oxygen atoms in total. The summed E-state index contributed by atoms with van der Waals surface area (Å²) in [7, 11) is -2.69. The molecule has 1 N–H and O–H groups in total. The molecule has 2 aromatic carbocycles. The van der Waals surface area contributed by atoms with E-state index >= 15 is 0 Å². The molecule has 122 valence electrons. The summed E-state index contributed by atoms with van der Waals surface area (Å²) in [6.07, 6.45) is 0. The Hall–Kier alpha value is -2.16. The summed E-state index contributed by atoms with van der Waals surface area (Å²) in [4.78, 5) is 9.87. The van der Waals surface area contributed by atoms with E-state index < -0.39 is 14.9 Å². The van der Waals surface area contributed by atoms with E-state index in [0.29, 0.717) is 10.6 Å². The van der Waals surface area contributed by atoms with Gasteiger partial charge < -0.3 is 4.74 Å². The van der Waals surface area contributed by atoms with Crippen LogP contribution < -0.4 is 9.46 Å². The number of halogens is 1. The van der Waals surface area contributed by atoms with Crippen molar-refractivity contribution in [1.82, 2.24) is 4.72 Å². The number of methoxy groups -OCH3 is 1. The third-order valence-electron chi connectivity index (χ3n) is 3.03. The Labute approximate surface area is 138 Å². The van der Waals surface area contributed by atoms with Gasteiger partial charge in [0.15, 0.2) is 0 Å². The van der Waals surface area contributed by atoms with Crippen LogP contribution in [0, 0.1) is 10.1 Å². The van der Waals surface area contributed by atoms with Crippen LogP contribution in [0.2, 0.25) is 5.02 Å². The normalized spacial score (nSPS) is 11.2. The molecule has 0 amide bonds. The van der Waals surface area contributed by atoms with Gasteiger partial charge in [-0.1, -0.05) is 23.7 Å². The average Bonchev–Trinajstić information content (AvgIpc) is 2.53. The molecule has 0 aromatic heterocycles. The molecule has 0 aliphatic heterocycles. The number of sulfonamides is 1. The molecule has 0 heterocycles. The lowest BCUT2D eigenvalue weighted by molar-refractivity contribution is -0.385. The maximum Gasteiger partial charge on any atom is 0.271 e. The molecule has 0 spiro atoms. The molecule has 2 aromatic rings. The fourth-order valence-corrected chi connectivity index (χ4v) is 3.18. The Bertz CT molecular complexity index is 822. The van der Waals surface area contributed by atoms with E-state index in [9.17, 15) is 18.5 Å². The van der Waals surface area contributed by atoms with Crippen molar-refractivity contribution in [2.75, 3.05) is 7.11 Å². The second-order valence-corrected chi connectivity index (χ2v) is 6.72. The summed E-state index contributed by atoms with van der Waals surface area (Å²) < 4.78 is 32.1. The summed E-state index contributed by atoms with van der Waals surface area (Å²) in [5.41, 5.74) is 0.361. The number of non-ortho nitro benzene ring substituents is 1. The van der Waals surface area contributed by atoms with Crippen LogP contribution in [0.15, 0.2) is 47.4 Å². The van der Waals surface area contributed by atoms with Gasteiger partial charge in [-0.25, -0.2) is 13.1 Å². The van der Waals surface area contributed by atoms with E-state index in [1.54, 1.807) is 24.3 Å². The second kappa shape index (κ2) is 6.95. The molecule has 9 heteroatoms. The molecule has 0 saturated heterocycles. The zero-order valence-electron chi connectivity index (χ0n) is 12.0. The Kier molecular flexibility index (Phi) is 5.19. The number of benzene rings is 2. The zero-order chi connectivity index (χ0) is 17.0. The third-order valence-corrected chi connectivity index (χ3v) is 4.70. The number of hydrogen-bond acceptors (Lipinski definition) is 5. The average molecular weight is 357 g/mol. The van der Waals surface area contributed by atoms with Gasteiger partial charge in [-0.05, 0) is 23.8 Å². The SMILES string of the molecule is COc1ccc([N+](=O)[O-])cc1S(=O)(=O)NCc1ccc(Cl)cc1. The fraction of sp³-hybridized carbons (Fsp3) is 0.143. The fourth-order valence-electron chi connectivity index (χ4n) is 1.85. The monoisotopic (exact) mass is 356 g/mol.